The van der Waals surface area contributed by atoms with Gasteiger partial charge in [0.2, 0.25) is 11.8 Å². The largest absolute Gasteiger partial charge is 0.345 e. The number of hydrogen-bond acceptors (Lipinski definition) is 2. The Balaban J connectivity index is 2.49. The predicted octanol–water partition coefficient (Wildman–Crippen LogP) is -0.353. The molecule has 4 heteroatoms. The number of nitrogens with one attached hydrogen (secondary N) is 2. The minimum absolute atomic E-state index is 0.0664. The Hall–Kier alpha value is -1.06. The summed E-state index contributed by atoms with van der Waals surface area (Å²) in [6.07, 6.45) is 0.706. The number of carbonyl (C=O) groups is 2. The fourth-order valence-corrected chi connectivity index (χ4v) is 1.24. The molecule has 2 amide bonds. The summed E-state index contributed by atoms with van der Waals surface area (Å²) in [5.41, 5.74) is 0. The van der Waals surface area contributed by atoms with E-state index in [1.807, 2.05) is 13.8 Å². The van der Waals surface area contributed by atoms with Gasteiger partial charge in [-0.3, -0.25) is 9.59 Å². The van der Waals surface area contributed by atoms with E-state index in [-0.39, 0.29) is 24.4 Å². The van der Waals surface area contributed by atoms with Crippen molar-refractivity contribution < 1.29 is 9.59 Å². The first-order valence-corrected chi connectivity index (χ1v) is 4.16. The fraction of sp³-hybridized carbons (Fsp3) is 0.750. The zero-order chi connectivity index (χ0) is 9.14. The first-order chi connectivity index (χ1) is 5.59. The topological polar surface area (TPSA) is 58.2 Å². The number of carbonyl (C=O) groups excluding carboxylic acids is 2. The predicted molar refractivity (Wildman–Crippen MR) is 44.4 cm³/mol. The molecule has 0 spiro atoms. The molecule has 0 unspecified atom stereocenters. The lowest BCUT2D eigenvalue weighted by atomic mass is 10.0. The van der Waals surface area contributed by atoms with Crippen molar-refractivity contribution in [3.63, 3.8) is 0 Å². The molecule has 1 aliphatic heterocycles. The molecule has 1 heterocycles. The minimum atomic E-state index is -0.328. The summed E-state index contributed by atoms with van der Waals surface area (Å²) < 4.78 is 0. The van der Waals surface area contributed by atoms with Crippen LogP contribution in [-0.4, -0.2) is 24.4 Å². The molecule has 4 nitrogen and oxygen atoms in total. The van der Waals surface area contributed by atoms with Gasteiger partial charge in [0.15, 0.2) is 0 Å². The van der Waals surface area contributed by atoms with Gasteiger partial charge in [-0.2, -0.15) is 0 Å². The van der Waals surface area contributed by atoms with Crippen molar-refractivity contribution in [2.45, 2.75) is 26.3 Å². The van der Waals surface area contributed by atoms with Gasteiger partial charge in [0.25, 0.3) is 0 Å². The molecule has 1 fully saturated rings. The summed E-state index contributed by atoms with van der Waals surface area (Å²) in [6, 6.07) is -0.328. The molecule has 12 heavy (non-hydrogen) atoms. The zero-order valence-electron chi connectivity index (χ0n) is 7.39. The molecule has 1 rings (SSSR count). The van der Waals surface area contributed by atoms with Gasteiger partial charge in [-0.15, -0.1) is 0 Å². The summed E-state index contributed by atoms with van der Waals surface area (Å²) in [5.74, 6) is 0.253. The van der Waals surface area contributed by atoms with Gasteiger partial charge in [0.05, 0.1) is 6.54 Å². The van der Waals surface area contributed by atoms with Crippen molar-refractivity contribution in [2.75, 3.05) is 6.54 Å². The third-order valence-electron chi connectivity index (χ3n) is 1.78. The molecule has 0 aromatic heterocycles. The minimum Gasteiger partial charge on any atom is -0.345 e. The van der Waals surface area contributed by atoms with E-state index < -0.39 is 0 Å². The Bertz CT molecular complexity index is 201. The molecule has 1 aliphatic rings. The Labute approximate surface area is 71.7 Å². The molecule has 1 saturated heterocycles. The highest BCUT2D eigenvalue weighted by Gasteiger charge is 2.25. The number of hydrogen-bond donors (Lipinski definition) is 2. The highest BCUT2D eigenvalue weighted by atomic mass is 16.2. The Morgan fingerprint density at radius 2 is 2.17 bits per heavy atom. The third-order valence-corrected chi connectivity index (χ3v) is 1.78. The van der Waals surface area contributed by atoms with Crippen molar-refractivity contribution in [3.8, 4) is 0 Å². The van der Waals surface area contributed by atoms with Crippen LogP contribution in [0.4, 0.5) is 0 Å². The lowest BCUT2D eigenvalue weighted by Gasteiger charge is -2.24. The molecular weight excluding hydrogens is 156 g/mol. The molecule has 0 aromatic rings. The van der Waals surface area contributed by atoms with Crippen molar-refractivity contribution in [3.05, 3.63) is 0 Å². The zero-order valence-corrected chi connectivity index (χ0v) is 7.39. The molecular formula is C8H14N2O2. The molecule has 0 aliphatic carbocycles. The summed E-state index contributed by atoms with van der Waals surface area (Å²) in [4.78, 5) is 22.0. The standard InChI is InChI=1S/C8H14N2O2/c1-5(2)3-6-8(12)9-4-7(11)10-6/h5-6H,3-4H2,1-2H3,(H,9,12)(H,10,11)/t6-/m1/s1. The summed E-state index contributed by atoms with van der Waals surface area (Å²) in [6.45, 7) is 4.16. The van der Waals surface area contributed by atoms with Crippen LogP contribution in [0.15, 0.2) is 0 Å². The van der Waals surface area contributed by atoms with E-state index in [1.165, 1.54) is 0 Å². The van der Waals surface area contributed by atoms with Crippen molar-refractivity contribution in [1.29, 1.82) is 0 Å². The second-order valence-corrected chi connectivity index (χ2v) is 3.47. The molecule has 68 valence electrons. The maximum atomic E-state index is 11.1. The van der Waals surface area contributed by atoms with Crippen molar-refractivity contribution >= 4 is 11.8 Å². The maximum Gasteiger partial charge on any atom is 0.243 e. The molecule has 0 bridgehead atoms. The SMILES string of the molecule is CC(C)C[C@H]1NC(=O)CNC1=O. The summed E-state index contributed by atoms with van der Waals surface area (Å²) >= 11 is 0. The van der Waals surface area contributed by atoms with E-state index in [0.717, 1.165) is 0 Å². The van der Waals surface area contributed by atoms with Gasteiger partial charge >= 0.3 is 0 Å². The average Bonchev–Trinajstić information content (AvgIpc) is 1.96. The van der Waals surface area contributed by atoms with Crippen molar-refractivity contribution in [1.82, 2.24) is 10.6 Å². The number of amides is 2. The van der Waals surface area contributed by atoms with Crippen LogP contribution < -0.4 is 10.6 Å². The lowest BCUT2D eigenvalue weighted by Crippen LogP contribution is -2.56. The molecule has 0 aromatic carbocycles. The number of rotatable bonds is 2. The van der Waals surface area contributed by atoms with E-state index in [0.29, 0.717) is 12.3 Å². The van der Waals surface area contributed by atoms with E-state index >= 15 is 0 Å². The normalized spacial score (nSPS) is 23.8. The highest BCUT2D eigenvalue weighted by molar-refractivity contribution is 5.94. The van der Waals surface area contributed by atoms with Crippen LogP contribution in [0.3, 0.4) is 0 Å². The van der Waals surface area contributed by atoms with Crippen LogP contribution in [-0.2, 0) is 9.59 Å². The van der Waals surface area contributed by atoms with Gasteiger partial charge in [-0.05, 0) is 12.3 Å². The van der Waals surface area contributed by atoms with Crippen LogP contribution >= 0.6 is 0 Å². The van der Waals surface area contributed by atoms with Gasteiger partial charge < -0.3 is 10.6 Å². The Morgan fingerprint density at radius 1 is 1.50 bits per heavy atom. The number of piperazine rings is 1. The van der Waals surface area contributed by atoms with Crippen LogP contribution in [0.25, 0.3) is 0 Å². The third kappa shape index (κ3) is 2.22. The van der Waals surface area contributed by atoms with Crippen molar-refractivity contribution in [2.24, 2.45) is 5.92 Å². The fourth-order valence-electron chi connectivity index (χ4n) is 1.24. The molecule has 0 saturated carbocycles. The quantitative estimate of drug-likeness (QED) is 0.595. The van der Waals surface area contributed by atoms with E-state index in [9.17, 15) is 9.59 Å². The smallest absolute Gasteiger partial charge is 0.243 e. The van der Waals surface area contributed by atoms with E-state index in [4.69, 9.17) is 0 Å². The van der Waals surface area contributed by atoms with Crippen LogP contribution in [0.2, 0.25) is 0 Å². The molecule has 1 atom stereocenters. The van der Waals surface area contributed by atoms with Crippen LogP contribution in [0.1, 0.15) is 20.3 Å². The Kier molecular flexibility index (Phi) is 2.68. The second kappa shape index (κ2) is 3.56. The highest BCUT2D eigenvalue weighted by Crippen LogP contribution is 2.06. The van der Waals surface area contributed by atoms with Gasteiger partial charge in [0.1, 0.15) is 6.04 Å². The average molecular weight is 170 g/mol. The lowest BCUT2D eigenvalue weighted by molar-refractivity contribution is -0.134. The van der Waals surface area contributed by atoms with Crippen LogP contribution in [0.5, 0.6) is 0 Å². The van der Waals surface area contributed by atoms with E-state index in [2.05, 4.69) is 10.6 Å². The summed E-state index contributed by atoms with van der Waals surface area (Å²) in [7, 11) is 0. The monoisotopic (exact) mass is 170 g/mol. The van der Waals surface area contributed by atoms with Crippen LogP contribution in [0, 0.1) is 5.92 Å². The molecule has 2 N–H and O–H groups in total. The van der Waals surface area contributed by atoms with Gasteiger partial charge in [-0.25, -0.2) is 0 Å². The van der Waals surface area contributed by atoms with Gasteiger partial charge in [-0.1, -0.05) is 13.8 Å². The second-order valence-electron chi connectivity index (χ2n) is 3.47. The van der Waals surface area contributed by atoms with Gasteiger partial charge in [0, 0.05) is 0 Å². The first-order valence-electron chi connectivity index (χ1n) is 4.16. The maximum absolute atomic E-state index is 11.1. The Morgan fingerprint density at radius 3 is 2.75 bits per heavy atom. The summed E-state index contributed by atoms with van der Waals surface area (Å²) in [5, 5.41) is 5.18. The van der Waals surface area contributed by atoms with E-state index in [1.54, 1.807) is 0 Å². The first kappa shape index (κ1) is 9.03. The molecule has 0 radical (unpaired) electrons.